The average molecular weight is 282 g/mol. The van der Waals surface area contributed by atoms with Gasteiger partial charge in [-0.3, -0.25) is 0 Å². The van der Waals surface area contributed by atoms with Crippen molar-refractivity contribution in [2.24, 2.45) is 5.41 Å². The maximum absolute atomic E-state index is 12.9. The summed E-state index contributed by atoms with van der Waals surface area (Å²) in [6, 6.07) is 7.02. The molecule has 2 atom stereocenters. The quantitative estimate of drug-likeness (QED) is 0.796. The van der Waals surface area contributed by atoms with Gasteiger partial charge in [-0.05, 0) is 25.5 Å². The van der Waals surface area contributed by atoms with E-state index in [2.05, 4.69) is 0 Å². The zero-order valence-electron chi connectivity index (χ0n) is 12.1. The molecule has 1 aliphatic rings. The van der Waals surface area contributed by atoms with E-state index in [1.165, 1.54) is 0 Å². The van der Waals surface area contributed by atoms with Crippen LogP contribution in [0.5, 0.6) is 0 Å². The third-order valence-corrected chi connectivity index (χ3v) is 7.96. The van der Waals surface area contributed by atoms with E-state index in [-0.39, 0.29) is 5.92 Å². The first-order valence-electron chi connectivity index (χ1n) is 6.57. The standard InChI is InChI=1S/C15H22O3S/c1-10-11-8-6-7-9-12(11)19(17,18)15(4,5)14(2,3)13(10)16/h6-10,13,16H,1-5H3/t10-,13?/m1/s1. The molecule has 1 N–H and O–H groups in total. The second kappa shape index (κ2) is 4.06. The van der Waals surface area contributed by atoms with Crippen molar-refractivity contribution in [2.45, 2.75) is 56.3 Å². The van der Waals surface area contributed by atoms with Crippen LogP contribution < -0.4 is 0 Å². The fourth-order valence-electron chi connectivity index (χ4n) is 2.87. The van der Waals surface area contributed by atoms with E-state index in [0.717, 1.165) is 0 Å². The molecular weight excluding hydrogens is 260 g/mol. The van der Waals surface area contributed by atoms with Crippen LogP contribution in [0, 0.1) is 5.41 Å². The summed E-state index contributed by atoms with van der Waals surface area (Å²) >= 11 is 0. The average Bonchev–Trinajstić information content (AvgIpc) is 2.37. The van der Waals surface area contributed by atoms with Crippen molar-refractivity contribution in [3.63, 3.8) is 0 Å². The Kier molecular flexibility index (Phi) is 3.11. The number of hydrogen-bond donors (Lipinski definition) is 1. The molecule has 0 radical (unpaired) electrons. The molecule has 0 saturated carbocycles. The SMILES string of the molecule is C[C@@H]1c2ccccc2S(=O)(=O)C(C)(C)C(C)(C)C1O. The van der Waals surface area contributed by atoms with Crippen LogP contribution >= 0.6 is 0 Å². The van der Waals surface area contributed by atoms with Crippen LogP contribution in [-0.2, 0) is 9.84 Å². The Labute approximate surface area is 115 Å². The fraction of sp³-hybridized carbons (Fsp3) is 0.600. The molecule has 2 rings (SSSR count). The molecule has 0 fully saturated rings. The summed E-state index contributed by atoms with van der Waals surface area (Å²) in [6.45, 7) is 8.97. The van der Waals surface area contributed by atoms with Gasteiger partial charge in [0.05, 0.1) is 15.7 Å². The first-order chi connectivity index (χ1) is 8.55. The zero-order valence-corrected chi connectivity index (χ0v) is 13.0. The van der Waals surface area contributed by atoms with Crippen molar-refractivity contribution < 1.29 is 13.5 Å². The minimum atomic E-state index is -3.49. The fourth-order valence-corrected chi connectivity index (χ4v) is 5.06. The third-order valence-electron chi connectivity index (χ3n) is 5.14. The van der Waals surface area contributed by atoms with Gasteiger partial charge in [-0.25, -0.2) is 8.42 Å². The van der Waals surface area contributed by atoms with Gasteiger partial charge in [-0.2, -0.15) is 0 Å². The Morgan fingerprint density at radius 1 is 1.11 bits per heavy atom. The molecule has 1 unspecified atom stereocenters. The van der Waals surface area contributed by atoms with Crippen molar-refractivity contribution in [3.05, 3.63) is 29.8 Å². The van der Waals surface area contributed by atoms with E-state index >= 15 is 0 Å². The number of sulfone groups is 1. The van der Waals surface area contributed by atoms with E-state index in [9.17, 15) is 13.5 Å². The van der Waals surface area contributed by atoms with Crippen LogP contribution in [-0.4, -0.2) is 24.4 Å². The smallest absolute Gasteiger partial charge is 0.184 e. The molecule has 3 nitrogen and oxygen atoms in total. The van der Waals surface area contributed by atoms with Gasteiger partial charge in [-0.1, -0.05) is 39.0 Å². The van der Waals surface area contributed by atoms with Crippen molar-refractivity contribution in [1.82, 2.24) is 0 Å². The summed E-state index contributed by atoms with van der Waals surface area (Å²) < 4.78 is 24.9. The Balaban J connectivity index is 2.87. The molecule has 0 bridgehead atoms. The molecule has 1 aliphatic heterocycles. The Morgan fingerprint density at radius 2 is 1.63 bits per heavy atom. The van der Waals surface area contributed by atoms with Gasteiger partial charge < -0.3 is 5.11 Å². The van der Waals surface area contributed by atoms with Gasteiger partial charge in [0.25, 0.3) is 0 Å². The van der Waals surface area contributed by atoms with Crippen LogP contribution in [0.2, 0.25) is 0 Å². The van der Waals surface area contributed by atoms with E-state index in [1.807, 2.05) is 26.8 Å². The molecule has 4 heteroatoms. The number of rotatable bonds is 0. The second-order valence-electron chi connectivity index (χ2n) is 6.51. The molecule has 0 amide bonds. The molecule has 1 heterocycles. The molecule has 0 spiro atoms. The lowest BCUT2D eigenvalue weighted by Gasteiger charge is -2.43. The summed E-state index contributed by atoms with van der Waals surface area (Å²) in [5.41, 5.74) is -0.0155. The highest BCUT2D eigenvalue weighted by atomic mass is 32.2. The topological polar surface area (TPSA) is 54.4 Å². The van der Waals surface area contributed by atoms with Gasteiger partial charge in [0.15, 0.2) is 9.84 Å². The molecule has 0 aliphatic carbocycles. The van der Waals surface area contributed by atoms with Crippen molar-refractivity contribution >= 4 is 9.84 Å². The highest BCUT2D eigenvalue weighted by Crippen LogP contribution is 2.50. The molecule has 0 aromatic heterocycles. The van der Waals surface area contributed by atoms with Crippen LogP contribution in [0.25, 0.3) is 0 Å². The van der Waals surface area contributed by atoms with Gasteiger partial charge in [0, 0.05) is 11.3 Å². The highest BCUT2D eigenvalue weighted by Gasteiger charge is 2.56. The lowest BCUT2D eigenvalue weighted by molar-refractivity contribution is 0.0118. The third kappa shape index (κ3) is 1.69. The summed E-state index contributed by atoms with van der Waals surface area (Å²) in [4.78, 5) is 0.358. The Bertz CT molecular complexity index is 600. The van der Waals surface area contributed by atoms with E-state index in [4.69, 9.17) is 0 Å². The number of aliphatic hydroxyl groups excluding tert-OH is 1. The van der Waals surface area contributed by atoms with Crippen molar-refractivity contribution in [1.29, 1.82) is 0 Å². The molecule has 1 aromatic rings. The maximum atomic E-state index is 12.9. The maximum Gasteiger partial charge on any atom is 0.184 e. The van der Waals surface area contributed by atoms with Gasteiger partial charge in [-0.15, -0.1) is 0 Å². The van der Waals surface area contributed by atoms with Crippen LogP contribution in [0.15, 0.2) is 29.2 Å². The summed E-state index contributed by atoms with van der Waals surface area (Å²) in [5, 5.41) is 10.6. The van der Waals surface area contributed by atoms with Crippen LogP contribution in [0.4, 0.5) is 0 Å². The van der Waals surface area contributed by atoms with E-state index in [1.54, 1.807) is 32.0 Å². The molecular formula is C15H22O3S. The highest BCUT2D eigenvalue weighted by molar-refractivity contribution is 7.93. The second-order valence-corrected chi connectivity index (χ2v) is 8.97. The zero-order chi connectivity index (χ0) is 14.6. The van der Waals surface area contributed by atoms with Gasteiger partial charge in [0.2, 0.25) is 0 Å². The minimum Gasteiger partial charge on any atom is -0.392 e. The predicted molar refractivity (Wildman–Crippen MR) is 75.9 cm³/mol. The minimum absolute atomic E-state index is 0.206. The van der Waals surface area contributed by atoms with Gasteiger partial charge >= 0.3 is 0 Å². The van der Waals surface area contributed by atoms with Crippen LogP contribution in [0.3, 0.4) is 0 Å². The Hall–Kier alpha value is -0.870. The normalized spacial score (nSPS) is 31.3. The van der Waals surface area contributed by atoms with Crippen molar-refractivity contribution in [3.8, 4) is 0 Å². The van der Waals surface area contributed by atoms with Gasteiger partial charge in [0.1, 0.15) is 0 Å². The molecule has 19 heavy (non-hydrogen) atoms. The lowest BCUT2D eigenvalue weighted by atomic mass is 9.70. The molecule has 1 aromatic carbocycles. The number of benzene rings is 1. The van der Waals surface area contributed by atoms with E-state index < -0.39 is 26.1 Å². The Morgan fingerprint density at radius 3 is 2.21 bits per heavy atom. The summed E-state index contributed by atoms with van der Waals surface area (Å²) in [5.74, 6) is -0.206. The van der Waals surface area contributed by atoms with Crippen molar-refractivity contribution in [2.75, 3.05) is 0 Å². The largest absolute Gasteiger partial charge is 0.392 e. The lowest BCUT2D eigenvalue weighted by Crippen LogP contribution is -2.51. The van der Waals surface area contributed by atoms with Crippen LogP contribution in [0.1, 0.15) is 46.1 Å². The number of fused-ring (bicyclic) bond motifs is 1. The summed E-state index contributed by atoms with van der Waals surface area (Å²) in [6.07, 6.45) is -0.707. The monoisotopic (exact) mass is 282 g/mol. The first-order valence-corrected chi connectivity index (χ1v) is 8.05. The summed E-state index contributed by atoms with van der Waals surface area (Å²) in [7, 11) is -3.49. The first kappa shape index (κ1) is 14.5. The number of aliphatic hydroxyl groups is 1. The molecule has 106 valence electrons. The van der Waals surface area contributed by atoms with E-state index in [0.29, 0.717) is 10.5 Å². The molecule has 0 saturated heterocycles. The predicted octanol–water partition coefficient (Wildman–Crippen LogP) is 2.74. The number of hydrogen-bond acceptors (Lipinski definition) is 3.